The zero-order valence-corrected chi connectivity index (χ0v) is 11.6. The smallest absolute Gasteiger partial charge is 0.165 e. The Bertz CT molecular complexity index is 793. The predicted octanol–water partition coefficient (Wildman–Crippen LogP) is 3.99. The maximum Gasteiger partial charge on any atom is 0.165 e. The molecule has 102 valence electrons. The maximum atomic E-state index is 13.5. The third kappa shape index (κ3) is 2.03. The van der Waals surface area contributed by atoms with E-state index in [-0.39, 0.29) is 11.6 Å². The van der Waals surface area contributed by atoms with Crippen LogP contribution in [0, 0.1) is 19.7 Å². The van der Waals surface area contributed by atoms with Crippen molar-refractivity contribution in [2.45, 2.75) is 13.8 Å². The highest BCUT2D eigenvalue weighted by molar-refractivity contribution is 5.83. The van der Waals surface area contributed by atoms with Gasteiger partial charge in [0, 0.05) is 5.56 Å². The molecule has 0 aliphatic heterocycles. The van der Waals surface area contributed by atoms with Crippen LogP contribution in [0.3, 0.4) is 0 Å². The molecule has 1 N–H and O–H groups in total. The Labute approximate surface area is 116 Å². The first-order valence-corrected chi connectivity index (χ1v) is 6.39. The van der Waals surface area contributed by atoms with Gasteiger partial charge in [-0.1, -0.05) is 6.07 Å². The standard InChI is InChI=1S/C16H15FN2O/c1-9-6-10(2)15-13(7-9)18-16(19-15)11-4-5-12(17)14(8-11)20-3/h4-8H,1-3H3,(H,18,19). The number of ether oxygens (including phenoxy) is 1. The van der Waals surface area contributed by atoms with Crippen LogP contribution in [0.15, 0.2) is 30.3 Å². The summed E-state index contributed by atoms with van der Waals surface area (Å²) >= 11 is 0. The van der Waals surface area contributed by atoms with Crippen LogP contribution < -0.4 is 4.74 Å². The van der Waals surface area contributed by atoms with Crippen molar-refractivity contribution in [2.75, 3.05) is 7.11 Å². The van der Waals surface area contributed by atoms with Crippen LogP contribution in [0.25, 0.3) is 22.4 Å². The molecule has 0 unspecified atom stereocenters. The number of aryl methyl sites for hydroxylation is 2. The number of hydrogen-bond acceptors (Lipinski definition) is 2. The fraction of sp³-hybridized carbons (Fsp3) is 0.188. The molecule has 0 aliphatic carbocycles. The average Bonchev–Trinajstić information content (AvgIpc) is 2.83. The summed E-state index contributed by atoms with van der Waals surface area (Å²) in [6.07, 6.45) is 0. The number of imidazole rings is 1. The van der Waals surface area contributed by atoms with E-state index in [1.165, 1.54) is 18.7 Å². The van der Waals surface area contributed by atoms with Gasteiger partial charge in [0.05, 0.1) is 18.1 Å². The summed E-state index contributed by atoms with van der Waals surface area (Å²) < 4.78 is 18.5. The lowest BCUT2D eigenvalue weighted by atomic mass is 10.1. The van der Waals surface area contributed by atoms with E-state index in [1.54, 1.807) is 12.1 Å². The van der Waals surface area contributed by atoms with Crippen molar-refractivity contribution in [3.05, 3.63) is 47.3 Å². The summed E-state index contributed by atoms with van der Waals surface area (Å²) in [4.78, 5) is 7.87. The highest BCUT2D eigenvalue weighted by Crippen LogP contribution is 2.27. The van der Waals surface area contributed by atoms with Gasteiger partial charge in [0.1, 0.15) is 5.82 Å². The summed E-state index contributed by atoms with van der Waals surface area (Å²) in [5.41, 5.74) is 5.03. The van der Waals surface area contributed by atoms with Crippen LogP contribution in [0.1, 0.15) is 11.1 Å². The molecule has 1 heterocycles. The molecule has 3 aromatic rings. The lowest BCUT2D eigenvalue weighted by Gasteiger charge is -2.03. The van der Waals surface area contributed by atoms with E-state index < -0.39 is 0 Å². The molecule has 0 fully saturated rings. The van der Waals surface area contributed by atoms with Crippen LogP contribution >= 0.6 is 0 Å². The molecule has 1 aromatic heterocycles. The Morgan fingerprint density at radius 2 is 1.95 bits per heavy atom. The third-order valence-electron chi connectivity index (χ3n) is 3.35. The van der Waals surface area contributed by atoms with Crippen molar-refractivity contribution in [3.8, 4) is 17.1 Å². The van der Waals surface area contributed by atoms with E-state index in [0.717, 1.165) is 22.2 Å². The van der Waals surface area contributed by atoms with Gasteiger partial charge in [-0.15, -0.1) is 0 Å². The van der Waals surface area contributed by atoms with Crippen LogP contribution in [0.2, 0.25) is 0 Å². The molecular formula is C16H15FN2O. The third-order valence-corrected chi connectivity index (χ3v) is 3.35. The van der Waals surface area contributed by atoms with E-state index in [2.05, 4.69) is 22.1 Å². The number of aromatic nitrogens is 2. The Balaban J connectivity index is 2.17. The van der Waals surface area contributed by atoms with Gasteiger partial charge in [0.2, 0.25) is 0 Å². The van der Waals surface area contributed by atoms with Gasteiger partial charge in [-0.25, -0.2) is 9.37 Å². The number of nitrogens with one attached hydrogen (secondary N) is 1. The second kappa shape index (κ2) is 4.63. The summed E-state index contributed by atoms with van der Waals surface area (Å²) in [6, 6.07) is 8.88. The second-order valence-corrected chi connectivity index (χ2v) is 4.91. The molecule has 2 aromatic carbocycles. The van der Waals surface area contributed by atoms with Gasteiger partial charge in [0.15, 0.2) is 11.6 Å². The average molecular weight is 270 g/mol. The molecule has 0 aliphatic rings. The molecule has 4 heteroatoms. The van der Waals surface area contributed by atoms with E-state index in [4.69, 9.17) is 4.74 Å². The molecule has 0 spiro atoms. The van der Waals surface area contributed by atoms with Crippen molar-refractivity contribution in [2.24, 2.45) is 0 Å². The predicted molar refractivity (Wildman–Crippen MR) is 77.5 cm³/mol. The monoisotopic (exact) mass is 270 g/mol. The first-order valence-electron chi connectivity index (χ1n) is 6.39. The first kappa shape index (κ1) is 12.7. The fourth-order valence-corrected chi connectivity index (χ4v) is 2.41. The van der Waals surface area contributed by atoms with Gasteiger partial charge in [-0.2, -0.15) is 0 Å². The Hall–Kier alpha value is -2.36. The van der Waals surface area contributed by atoms with Crippen LogP contribution in [-0.4, -0.2) is 17.1 Å². The molecule has 3 nitrogen and oxygen atoms in total. The maximum absolute atomic E-state index is 13.5. The summed E-state index contributed by atoms with van der Waals surface area (Å²) in [5.74, 6) is 0.558. The van der Waals surface area contributed by atoms with E-state index in [1.807, 2.05) is 13.8 Å². The first-order chi connectivity index (χ1) is 9.58. The van der Waals surface area contributed by atoms with Crippen molar-refractivity contribution in [1.82, 2.24) is 9.97 Å². The van der Waals surface area contributed by atoms with E-state index >= 15 is 0 Å². The lowest BCUT2D eigenvalue weighted by Crippen LogP contribution is -1.89. The quantitative estimate of drug-likeness (QED) is 0.764. The van der Waals surface area contributed by atoms with Crippen LogP contribution in [0.4, 0.5) is 4.39 Å². The normalized spacial score (nSPS) is 11.0. The summed E-state index contributed by atoms with van der Waals surface area (Å²) in [6.45, 7) is 4.08. The molecule has 0 saturated heterocycles. The minimum atomic E-state index is -0.376. The van der Waals surface area contributed by atoms with Crippen molar-refractivity contribution < 1.29 is 9.13 Å². The molecule has 0 radical (unpaired) electrons. The lowest BCUT2D eigenvalue weighted by molar-refractivity contribution is 0.387. The largest absolute Gasteiger partial charge is 0.494 e. The van der Waals surface area contributed by atoms with Crippen molar-refractivity contribution in [3.63, 3.8) is 0 Å². The number of methoxy groups -OCH3 is 1. The molecule has 0 amide bonds. The number of H-pyrrole nitrogens is 1. The fourth-order valence-electron chi connectivity index (χ4n) is 2.41. The number of halogens is 1. The number of fused-ring (bicyclic) bond motifs is 1. The Kier molecular flexibility index (Phi) is 2.93. The highest BCUT2D eigenvalue weighted by atomic mass is 19.1. The molecule has 20 heavy (non-hydrogen) atoms. The summed E-state index contributed by atoms with van der Waals surface area (Å²) in [5, 5.41) is 0. The Morgan fingerprint density at radius 3 is 2.70 bits per heavy atom. The van der Waals surface area contributed by atoms with Gasteiger partial charge in [-0.3, -0.25) is 0 Å². The van der Waals surface area contributed by atoms with Gasteiger partial charge in [0.25, 0.3) is 0 Å². The molecule has 0 bridgehead atoms. The van der Waals surface area contributed by atoms with Crippen molar-refractivity contribution >= 4 is 11.0 Å². The van der Waals surface area contributed by atoms with Gasteiger partial charge in [-0.05, 0) is 49.2 Å². The van der Waals surface area contributed by atoms with Crippen LogP contribution in [0.5, 0.6) is 5.75 Å². The molecule has 0 atom stereocenters. The molecule has 0 saturated carbocycles. The molecular weight excluding hydrogens is 255 g/mol. The minimum absolute atomic E-state index is 0.218. The van der Waals surface area contributed by atoms with Gasteiger partial charge >= 0.3 is 0 Å². The number of aromatic amines is 1. The topological polar surface area (TPSA) is 37.9 Å². The minimum Gasteiger partial charge on any atom is -0.494 e. The number of benzene rings is 2. The van der Waals surface area contributed by atoms with Crippen LogP contribution in [-0.2, 0) is 0 Å². The van der Waals surface area contributed by atoms with E-state index in [9.17, 15) is 4.39 Å². The second-order valence-electron chi connectivity index (χ2n) is 4.91. The van der Waals surface area contributed by atoms with Crippen molar-refractivity contribution in [1.29, 1.82) is 0 Å². The zero-order valence-electron chi connectivity index (χ0n) is 11.6. The molecule has 3 rings (SSSR count). The zero-order chi connectivity index (χ0) is 14.3. The SMILES string of the molecule is COc1cc(-c2nc3c(C)cc(C)cc3[nH]2)ccc1F. The highest BCUT2D eigenvalue weighted by Gasteiger charge is 2.10. The van der Waals surface area contributed by atoms with Gasteiger partial charge < -0.3 is 9.72 Å². The van der Waals surface area contributed by atoms with E-state index in [0.29, 0.717) is 5.82 Å². The number of nitrogens with zero attached hydrogens (tertiary/aromatic N) is 1. The number of rotatable bonds is 2. The Morgan fingerprint density at radius 1 is 1.15 bits per heavy atom. The summed E-state index contributed by atoms with van der Waals surface area (Å²) in [7, 11) is 1.45. The number of hydrogen-bond donors (Lipinski definition) is 1.